The maximum Gasteiger partial charge on any atom is 0.319 e. The quantitative estimate of drug-likeness (QED) is 0.606. The van der Waals surface area contributed by atoms with Gasteiger partial charge in [0, 0.05) is 17.3 Å². The molecule has 0 fully saturated rings. The number of hydrogen-bond acceptors (Lipinski definition) is 2. The lowest BCUT2D eigenvalue weighted by Crippen LogP contribution is -2.44. The highest BCUT2D eigenvalue weighted by Gasteiger charge is 2.26. The van der Waals surface area contributed by atoms with Crippen molar-refractivity contribution in [3.8, 4) is 5.75 Å². The fourth-order valence-corrected chi connectivity index (χ4v) is 1.82. The van der Waals surface area contributed by atoms with Crippen LogP contribution in [0.15, 0.2) is 18.2 Å². The van der Waals surface area contributed by atoms with Crippen molar-refractivity contribution in [2.45, 2.75) is 25.8 Å². The van der Waals surface area contributed by atoms with Gasteiger partial charge in [-0.15, -0.1) is 0 Å². The van der Waals surface area contributed by atoms with Gasteiger partial charge in [-0.3, -0.25) is 0 Å². The zero-order valence-corrected chi connectivity index (χ0v) is 8.79. The SMILES string of the molecule is CC1(C)Cc2ccc(O)cc2NC(=O)N1. The van der Waals surface area contributed by atoms with Gasteiger partial charge in [-0.2, -0.15) is 0 Å². The van der Waals surface area contributed by atoms with Crippen LogP contribution in [0, 0.1) is 0 Å². The molecule has 1 aliphatic rings. The molecule has 0 atom stereocenters. The number of phenols is 1. The number of carbonyl (C=O) groups is 1. The summed E-state index contributed by atoms with van der Waals surface area (Å²) < 4.78 is 0. The molecule has 3 N–H and O–H groups in total. The van der Waals surface area contributed by atoms with Crippen LogP contribution in [0.25, 0.3) is 0 Å². The second-order valence-corrected chi connectivity index (χ2v) is 4.48. The summed E-state index contributed by atoms with van der Waals surface area (Å²) in [5, 5.41) is 14.9. The topological polar surface area (TPSA) is 61.4 Å². The number of hydrogen-bond donors (Lipinski definition) is 3. The maximum atomic E-state index is 11.5. The van der Waals surface area contributed by atoms with Gasteiger partial charge in [0.15, 0.2) is 0 Å². The average Bonchev–Trinajstić information content (AvgIpc) is 2.18. The summed E-state index contributed by atoms with van der Waals surface area (Å²) in [4.78, 5) is 11.5. The van der Waals surface area contributed by atoms with Crippen molar-refractivity contribution < 1.29 is 9.90 Å². The number of benzene rings is 1. The van der Waals surface area contributed by atoms with Crippen LogP contribution in [0.1, 0.15) is 19.4 Å². The summed E-state index contributed by atoms with van der Waals surface area (Å²) >= 11 is 0. The van der Waals surface area contributed by atoms with Gasteiger partial charge in [0.1, 0.15) is 5.75 Å². The lowest BCUT2D eigenvalue weighted by atomic mass is 9.95. The Balaban J connectivity index is 2.45. The molecule has 0 aliphatic carbocycles. The highest BCUT2D eigenvalue weighted by molar-refractivity contribution is 5.91. The largest absolute Gasteiger partial charge is 0.508 e. The number of nitrogens with one attached hydrogen (secondary N) is 2. The maximum absolute atomic E-state index is 11.5. The van der Waals surface area contributed by atoms with Crippen molar-refractivity contribution in [3.63, 3.8) is 0 Å². The van der Waals surface area contributed by atoms with Crippen LogP contribution in [0.4, 0.5) is 10.5 Å². The number of aromatic hydroxyl groups is 1. The lowest BCUT2D eigenvalue weighted by Gasteiger charge is -2.23. The van der Waals surface area contributed by atoms with Crippen LogP contribution in [0.2, 0.25) is 0 Å². The fourth-order valence-electron chi connectivity index (χ4n) is 1.82. The normalized spacial score (nSPS) is 18.4. The first kappa shape index (κ1) is 9.83. The van der Waals surface area contributed by atoms with E-state index in [1.54, 1.807) is 12.1 Å². The standard InChI is InChI=1S/C11H14N2O2/c1-11(2)6-7-3-4-8(14)5-9(7)12-10(15)13-11/h3-5,14H,6H2,1-2H3,(H2,12,13,15). The summed E-state index contributed by atoms with van der Waals surface area (Å²) in [6.07, 6.45) is 0.737. The third-order valence-electron chi connectivity index (χ3n) is 2.43. The highest BCUT2D eigenvalue weighted by Crippen LogP contribution is 2.27. The van der Waals surface area contributed by atoms with E-state index in [1.165, 1.54) is 0 Å². The third-order valence-corrected chi connectivity index (χ3v) is 2.43. The minimum atomic E-state index is -0.272. The molecule has 0 saturated carbocycles. The van der Waals surface area contributed by atoms with Crippen LogP contribution in [-0.4, -0.2) is 16.7 Å². The Bertz CT molecular complexity index is 413. The summed E-state index contributed by atoms with van der Waals surface area (Å²) in [6, 6.07) is 4.80. The van der Waals surface area contributed by atoms with Gasteiger partial charge in [-0.1, -0.05) is 6.07 Å². The van der Waals surface area contributed by atoms with Crippen molar-refractivity contribution in [2.24, 2.45) is 0 Å². The van der Waals surface area contributed by atoms with Crippen LogP contribution >= 0.6 is 0 Å². The molecule has 1 heterocycles. The smallest absolute Gasteiger partial charge is 0.319 e. The van der Waals surface area contributed by atoms with E-state index >= 15 is 0 Å². The van der Waals surface area contributed by atoms with Gasteiger partial charge in [-0.25, -0.2) is 4.79 Å². The van der Waals surface area contributed by atoms with E-state index in [1.807, 2.05) is 19.9 Å². The molecule has 15 heavy (non-hydrogen) atoms. The number of anilines is 1. The zero-order valence-electron chi connectivity index (χ0n) is 8.79. The van der Waals surface area contributed by atoms with Gasteiger partial charge in [0.2, 0.25) is 0 Å². The average molecular weight is 206 g/mol. The van der Waals surface area contributed by atoms with E-state index in [-0.39, 0.29) is 17.3 Å². The molecule has 4 nitrogen and oxygen atoms in total. The Kier molecular flexibility index (Phi) is 2.07. The van der Waals surface area contributed by atoms with Gasteiger partial charge >= 0.3 is 6.03 Å². The Morgan fingerprint density at radius 3 is 2.87 bits per heavy atom. The number of urea groups is 1. The van der Waals surface area contributed by atoms with E-state index in [2.05, 4.69) is 10.6 Å². The highest BCUT2D eigenvalue weighted by atomic mass is 16.3. The van der Waals surface area contributed by atoms with E-state index in [0.717, 1.165) is 12.0 Å². The van der Waals surface area contributed by atoms with Crippen LogP contribution in [0.3, 0.4) is 0 Å². The van der Waals surface area contributed by atoms with Crippen molar-refractivity contribution in [2.75, 3.05) is 5.32 Å². The molecule has 80 valence electrons. The second-order valence-electron chi connectivity index (χ2n) is 4.48. The number of amides is 2. The van der Waals surface area contributed by atoms with Crippen LogP contribution < -0.4 is 10.6 Å². The van der Waals surface area contributed by atoms with Crippen molar-refractivity contribution >= 4 is 11.7 Å². The number of carbonyl (C=O) groups excluding carboxylic acids is 1. The number of rotatable bonds is 0. The van der Waals surface area contributed by atoms with E-state index in [4.69, 9.17) is 0 Å². The van der Waals surface area contributed by atoms with Crippen LogP contribution in [-0.2, 0) is 6.42 Å². The van der Waals surface area contributed by atoms with Crippen LogP contribution in [0.5, 0.6) is 5.75 Å². The molecule has 0 spiro atoms. The minimum absolute atomic E-state index is 0.161. The molecule has 2 rings (SSSR count). The van der Waals surface area contributed by atoms with E-state index in [9.17, 15) is 9.90 Å². The molecule has 4 heteroatoms. The number of phenolic OH excluding ortho intramolecular Hbond substituents is 1. The molecule has 2 amide bonds. The molecular weight excluding hydrogens is 192 g/mol. The molecule has 0 saturated heterocycles. The molecule has 0 radical (unpaired) electrons. The van der Waals surface area contributed by atoms with Gasteiger partial charge in [0.05, 0.1) is 0 Å². The van der Waals surface area contributed by atoms with E-state index in [0.29, 0.717) is 5.69 Å². The third kappa shape index (κ3) is 2.03. The molecule has 0 bridgehead atoms. The molecule has 0 aromatic heterocycles. The zero-order chi connectivity index (χ0) is 11.1. The number of fused-ring (bicyclic) bond motifs is 1. The second kappa shape index (κ2) is 3.15. The van der Waals surface area contributed by atoms with E-state index < -0.39 is 0 Å². The Morgan fingerprint density at radius 1 is 1.40 bits per heavy atom. The van der Waals surface area contributed by atoms with Crippen molar-refractivity contribution in [1.29, 1.82) is 0 Å². The van der Waals surface area contributed by atoms with Gasteiger partial charge in [-0.05, 0) is 31.9 Å². The van der Waals surface area contributed by atoms with Crippen molar-refractivity contribution in [1.82, 2.24) is 5.32 Å². The first-order valence-electron chi connectivity index (χ1n) is 4.87. The monoisotopic (exact) mass is 206 g/mol. The van der Waals surface area contributed by atoms with Gasteiger partial charge < -0.3 is 15.7 Å². The Morgan fingerprint density at radius 2 is 2.13 bits per heavy atom. The molecule has 1 aromatic carbocycles. The minimum Gasteiger partial charge on any atom is -0.508 e. The first-order chi connectivity index (χ1) is 6.96. The summed E-state index contributed by atoms with van der Waals surface area (Å²) in [5.41, 5.74) is 1.43. The lowest BCUT2D eigenvalue weighted by molar-refractivity contribution is 0.242. The summed E-state index contributed by atoms with van der Waals surface area (Å²) in [7, 11) is 0. The molecule has 0 unspecified atom stereocenters. The predicted molar refractivity (Wildman–Crippen MR) is 58.0 cm³/mol. The molecule has 1 aromatic rings. The first-order valence-corrected chi connectivity index (χ1v) is 4.87. The Labute approximate surface area is 88.3 Å². The van der Waals surface area contributed by atoms with Crippen molar-refractivity contribution in [3.05, 3.63) is 23.8 Å². The van der Waals surface area contributed by atoms with Gasteiger partial charge in [0.25, 0.3) is 0 Å². The molecular formula is C11H14N2O2. The fraction of sp³-hybridized carbons (Fsp3) is 0.364. The predicted octanol–water partition coefficient (Wildman–Crippen LogP) is 1.85. The molecule has 1 aliphatic heterocycles. The Hall–Kier alpha value is -1.71. The summed E-state index contributed by atoms with van der Waals surface area (Å²) in [5.74, 6) is 0.161. The summed E-state index contributed by atoms with van der Waals surface area (Å²) in [6.45, 7) is 3.93.